The molecule has 0 saturated heterocycles. The second-order valence-corrected chi connectivity index (χ2v) is 7.94. The predicted octanol–water partition coefficient (Wildman–Crippen LogP) is 4.39. The van der Waals surface area contributed by atoms with Gasteiger partial charge in [-0.05, 0) is 53.4 Å². The summed E-state index contributed by atoms with van der Waals surface area (Å²) < 4.78 is 0. The molecule has 0 spiro atoms. The van der Waals surface area contributed by atoms with E-state index in [-0.39, 0.29) is 11.8 Å². The van der Waals surface area contributed by atoms with Crippen LogP contribution >= 0.6 is 11.8 Å². The molecule has 1 unspecified atom stereocenters. The molecule has 0 rings (SSSR count). The van der Waals surface area contributed by atoms with E-state index in [1.807, 2.05) is 0 Å². The quantitative estimate of drug-likeness (QED) is 0.390. The molecule has 26 heavy (non-hydrogen) atoms. The highest BCUT2D eigenvalue weighted by Crippen LogP contribution is 2.13. The van der Waals surface area contributed by atoms with Crippen LogP contribution in [-0.2, 0) is 9.59 Å². The first-order valence-electron chi connectivity index (χ1n) is 9.27. The van der Waals surface area contributed by atoms with E-state index < -0.39 is 6.04 Å². The van der Waals surface area contributed by atoms with E-state index in [4.69, 9.17) is 0 Å². The fourth-order valence-corrected chi connectivity index (χ4v) is 3.34. The molecular weight excluding hydrogens is 344 g/mol. The Morgan fingerprint density at radius 1 is 0.923 bits per heavy atom. The van der Waals surface area contributed by atoms with Gasteiger partial charge in [0.25, 0.3) is 0 Å². The summed E-state index contributed by atoms with van der Waals surface area (Å²) in [4.78, 5) is 22.9. The van der Waals surface area contributed by atoms with E-state index in [0.717, 1.165) is 31.4 Å². The van der Waals surface area contributed by atoms with Gasteiger partial charge in [-0.15, -0.1) is 0 Å². The van der Waals surface area contributed by atoms with Gasteiger partial charge in [-0.2, -0.15) is 11.8 Å². The average Bonchev–Trinajstić information content (AvgIpc) is 2.56. The zero-order chi connectivity index (χ0) is 19.9. The van der Waals surface area contributed by atoms with E-state index in [1.165, 1.54) is 23.6 Å². The Morgan fingerprint density at radius 2 is 1.50 bits per heavy atom. The number of thioether (sulfide) groups is 1. The highest BCUT2D eigenvalue weighted by Gasteiger charge is 2.17. The minimum atomic E-state index is -0.470. The Labute approximate surface area is 164 Å². The molecule has 0 aliphatic rings. The minimum absolute atomic E-state index is 0.151. The summed E-state index contributed by atoms with van der Waals surface area (Å²) in [5, 5.41) is 5.27. The van der Waals surface area contributed by atoms with Gasteiger partial charge in [0, 0.05) is 25.5 Å². The Bertz CT molecular complexity index is 532. The van der Waals surface area contributed by atoms with Crippen molar-refractivity contribution in [2.45, 2.75) is 66.3 Å². The number of allylic oxidation sites excluding steroid dienone is 5. The normalized spacial score (nSPS) is 13.2. The first kappa shape index (κ1) is 24.5. The van der Waals surface area contributed by atoms with Gasteiger partial charge >= 0.3 is 0 Å². The maximum atomic E-state index is 11.7. The molecule has 2 N–H and O–H groups in total. The number of likely N-dealkylation sites (N-methyl/N-ethyl adjacent to an activating group) is 1. The molecule has 2 amide bonds. The molecule has 5 heteroatoms. The number of nitrogens with one attached hydrogen (secondary N) is 2. The minimum Gasteiger partial charge on any atom is -0.357 e. The lowest BCUT2D eigenvalue weighted by Gasteiger charge is -2.15. The molecule has 0 aromatic carbocycles. The van der Waals surface area contributed by atoms with Gasteiger partial charge in [-0.1, -0.05) is 34.9 Å². The number of carbonyl (C=O) groups is 2. The largest absolute Gasteiger partial charge is 0.357 e. The van der Waals surface area contributed by atoms with Crippen LogP contribution in [0.5, 0.6) is 0 Å². The summed E-state index contributed by atoms with van der Waals surface area (Å²) in [6, 6.07) is -0.470. The summed E-state index contributed by atoms with van der Waals surface area (Å²) in [5.41, 5.74) is 4.20. The molecule has 0 fully saturated rings. The first-order chi connectivity index (χ1) is 12.3. The lowest BCUT2D eigenvalue weighted by atomic mass is 10.1. The lowest BCUT2D eigenvalue weighted by Crippen LogP contribution is -2.46. The third kappa shape index (κ3) is 13.8. The summed E-state index contributed by atoms with van der Waals surface area (Å²) in [6.45, 7) is 10.1. The van der Waals surface area contributed by atoms with Crippen molar-refractivity contribution >= 4 is 23.6 Å². The van der Waals surface area contributed by atoms with E-state index in [1.54, 1.807) is 18.8 Å². The zero-order valence-electron chi connectivity index (χ0n) is 17.3. The SMILES string of the molecule is CNC(=O)C(CSC/C=C(\C)CC/C=C(\C)CCC=C(C)C)NC(C)=O. The average molecular weight is 381 g/mol. The standard InChI is InChI=1S/C21H36N2O2S/c1-16(2)9-7-10-17(3)11-8-12-18(4)13-14-26-15-20(21(25)22-6)23-19(5)24/h9,11,13,20H,7-8,10,12,14-15H2,1-6H3,(H,22,25)(H,23,24)/b17-11+,18-13+. The Balaban J connectivity index is 4.14. The van der Waals surface area contributed by atoms with Crippen molar-refractivity contribution < 1.29 is 9.59 Å². The van der Waals surface area contributed by atoms with Gasteiger partial charge < -0.3 is 10.6 Å². The Morgan fingerprint density at radius 3 is 2.04 bits per heavy atom. The van der Waals surface area contributed by atoms with Crippen molar-refractivity contribution in [2.75, 3.05) is 18.6 Å². The maximum Gasteiger partial charge on any atom is 0.243 e. The molecule has 0 bridgehead atoms. The van der Waals surface area contributed by atoms with Crippen LogP contribution in [0.1, 0.15) is 60.3 Å². The van der Waals surface area contributed by atoms with Crippen LogP contribution in [-0.4, -0.2) is 36.4 Å². The van der Waals surface area contributed by atoms with E-state index in [0.29, 0.717) is 5.75 Å². The van der Waals surface area contributed by atoms with E-state index in [2.05, 4.69) is 56.6 Å². The van der Waals surface area contributed by atoms with Gasteiger partial charge in [-0.25, -0.2) is 0 Å². The fourth-order valence-electron chi connectivity index (χ4n) is 2.33. The zero-order valence-corrected chi connectivity index (χ0v) is 18.1. The van der Waals surface area contributed by atoms with E-state index >= 15 is 0 Å². The second-order valence-electron chi connectivity index (χ2n) is 6.86. The molecule has 0 aromatic rings. The van der Waals surface area contributed by atoms with Gasteiger partial charge in [0.15, 0.2) is 0 Å². The summed E-state index contributed by atoms with van der Waals surface area (Å²) in [6.07, 6.45) is 11.2. The number of hydrogen-bond donors (Lipinski definition) is 2. The van der Waals surface area contributed by atoms with Crippen LogP contribution in [0.3, 0.4) is 0 Å². The lowest BCUT2D eigenvalue weighted by molar-refractivity contribution is -0.127. The summed E-state index contributed by atoms with van der Waals surface area (Å²) >= 11 is 1.66. The number of amides is 2. The Hall–Kier alpha value is -1.49. The predicted molar refractivity (Wildman–Crippen MR) is 114 cm³/mol. The van der Waals surface area contributed by atoms with Crippen LogP contribution < -0.4 is 10.6 Å². The Kier molecular flexibility index (Phi) is 13.8. The summed E-state index contributed by atoms with van der Waals surface area (Å²) in [5.74, 6) is 1.09. The van der Waals surface area contributed by atoms with Crippen molar-refractivity contribution in [3.05, 3.63) is 34.9 Å². The molecule has 4 nitrogen and oxygen atoms in total. The van der Waals surface area contributed by atoms with Crippen LogP contribution in [0, 0.1) is 0 Å². The van der Waals surface area contributed by atoms with Crippen LogP contribution in [0.25, 0.3) is 0 Å². The molecule has 148 valence electrons. The molecule has 0 aromatic heterocycles. The van der Waals surface area contributed by atoms with Crippen molar-refractivity contribution in [1.29, 1.82) is 0 Å². The molecule has 0 aliphatic carbocycles. The van der Waals surface area contributed by atoms with Crippen molar-refractivity contribution in [3.8, 4) is 0 Å². The topological polar surface area (TPSA) is 58.2 Å². The monoisotopic (exact) mass is 380 g/mol. The highest BCUT2D eigenvalue weighted by atomic mass is 32.2. The third-order valence-corrected chi connectivity index (χ3v) is 4.87. The molecular formula is C21H36N2O2S. The van der Waals surface area contributed by atoms with Gasteiger partial charge in [0.2, 0.25) is 11.8 Å². The fraction of sp³-hybridized carbons (Fsp3) is 0.619. The first-order valence-corrected chi connectivity index (χ1v) is 10.4. The molecule has 0 heterocycles. The van der Waals surface area contributed by atoms with Crippen molar-refractivity contribution in [2.24, 2.45) is 0 Å². The van der Waals surface area contributed by atoms with Gasteiger partial charge in [0.05, 0.1) is 0 Å². The van der Waals surface area contributed by atoms with Crippen molar-refractivity contribution in [3.63, 3.8) is 0 Å². The van der Waals surface area contributed by atoms with E-state index in [9.17, 15) is 9.59 Å². The number of hydrogen-bond acceptors (Lipinski definition) is 3. The maximum absolute atomic E-state index is 11.7. The van der Waals surface area contributed by atoms with Crippen LogP contribution in [0.15, 0.2) is 34.9 Å². The molecule has 1 atom stereocenters. The van der Waals surface area contributed by atoms with Crippen LogP contribution in [0.2, 0.25) is 0 Å². The summed E-state index contributed by atoms with van der Waals surface area (Å²) in [7, 11) is 1.58. The van der Waals surface area contributed by atoms with Crippen molar-refractivity contribution in [1.82, 2.24) is 10.6 Å². The number of rotatable bonds is 12. The third-order valence-electron chi connectivity index (χ3n) is 3.90. The molecule has 0 saturated carbocycles. The van der Waals surface area contributed by atoms with Crippen LogP contribution in [0.4, 0.5) is 0 Å². The van der Waals surface area contributed by atoms with Gasteiger partial charge in [-0.3, -0.25) is 9.59 Å². The smallest absolute Gasteiger partial charge is 0.243 e. The molecule has 0 radical (unpaired) electrons. The molecule has 0 aliphatic heterocycles. The highest BCUT2D eigenvalue weighted by molar-refractivity contribution is 7.99. The van der Waals surface area contributed by atoms with Gasteiger partial charge in [0.1, 0.15) is 6.04 Å². The number of carbonyl (C=O) groups excluding carboxylic acids is 2. The second kappa shape index (κ2) is 14.7.